The average molecular weight is 447 g/mol. The maximum atomic E-state index is 12.7. The SMILES string of the molecule is O=C(NC1CCN(C(=O)NC2CCCCC2)CC1)c1cnc(-c2ccccc2Cl)s1. The van der Waals surface area contributed by atoms with Gasteiger partial charge in [-0.05, 0) is 31.7 Å². The summed E-state index contributed by atoms with van der Waals surface area (Å²) in [5.41, 5.74) is 0.834. The molecule has 1 aromatic carbocycles. The first-order valence-electron chi connectivity index (χ1n) is 10.7. The third-order valence-corrected chi connectivity index (χ3v) is 7.24. The van der Waals surface area contributed by atoms with Crippen molar-refractivity contribution >= 4 is 34.9 Å². The molecule has 2 N–H and O–H groups in total. The molecule has 2 aliphatic rings. The summed E-state index contributed by atoms with van der Waals surface area (Å²) in [4.78, 5) is 32.0. The largest absolute Gasteiger partial charge is 0.348 e. The number of amides is 3. The molecule has 30 heavy (non-hydrogen) atoms. The van der Waals surface area contributed by atoms with E-state index in [1.165, 1.54) is 30.6 Å². The van der Waals surface area contributed by atoms with E-state index in [2.05, 4.69) is 15.6 Å². The zero-order chi connectivity index (χ0) is 20.9. The minimum absolute atomic E-state index is 0.0403. The molecule has 0 atom stereocenters. The normalized spacial score (nSPS) is 18.2. The van der Waals surface area contributed by atoms with Crippen molar-refractivity contribution in [1.82, 2.24) is 20.5 Å². The van der Waals surface area contributed by atoms with Crippen LogP contribution in [0.4, 0.5) is 4.79 Å². The Kier molecular flexibility index (Phi) is 6.89. The average Bonchev–Trinajstić information content (AvgIpc) is 3.25. The molecule has 6 nitrogen and oxygen atoms in total. The van der Waals surface area contributed by atoms with Gasteiger partial charge in [0.1, 0.15) is 9.88 Å². The van der Waals surface area contributed by atoms with Gasteiger partial charge in [0, 0.05) is 30.7 Å². The molecule has 8 heteroatoms. The van der Waals surface area contributed by atoms with Gasteiger partial charge in [-0.15, -0.1) is 11.3 Å². The van der Waals surface area contributed by atoms with E-state index in [1.54, 1.807) is 6.20 Å². The fourth-order valence-corrected chi connectivity index (χ4v) is 5.27. The van der Waals surface area contributed by atoms with Gasteiger partial charge < -0.3 is 15.5 Å². The van der Waals surface area contributed by atoms with Gasteiger partial charge in [-0.1, -0.05) is 49.1 Å². The lowest BCUT2D eigenvalue weighted by atomic mass is 9.95. The van der Waals surface area contributed by atoms with Crippen LogP contribution in [0.15, 0.2) is 30.5 Å². The molecule has 4 rings (SSSR count). The Morgan fingerprint density at radius 1 is 1.00 bits per heavy atom. The van der Waals surface area contributed by atoms with Gasteiger partial charge in [-0.2, -0.15) is 0 Å². The molecule has 1 saturated heterocycles. The van der Waals surface area contributed by atoms with Gasteiger partial charge in [0.25, 0.3) is 5.91 Å². The second kappa shape index (κ2) is 9.79. The number of nitrogens with zero attached hydrogens (tertiary/aromatic N) is 2. The molecule has 1 aromatic heterocycles. The van der Waals surface area contributed by atoms with E-state index in [0.717, 1.165) is 36.3 Å². The van der Waals surface area contributed by atoms with E-state index in [0.29, 0.717) is 29.0 Å². The number of urea groups is 1. The Labute approximate surface area is 186 Å². The fraction of sp³-hybridized carbons (Fsp3) is 0.500. The quantitative estimate of drug-likeness (QED) is 0.714. The zero-order valence-corrected chi connectivity index (χ0v) is 18.5. The topological polar surface area (TPSA) is 74.3 Å². The van der Waals surface area contributed by atoms with Gasteiger partial charge in [-0.25, -0.2) is 9.78 Å². The number of nitrogens with one attached hydrogen (secondary N) is 2. The maximum Gasteiger partial charge on any atom is 0.317 e. The third-order valence-electron chi connectivity index (χ3n) is 5.88. The van der Waals surface area contributed by atoms with Gasteiger partial charge in [0.2, 0.25) is 0 Å². The molecular formula is C22H27ClN4O2S. The molecular weight excluding hydrogens is 420 g/mol. The highest BCUT2D eigenvalue weighted by molar-refractivity contribution is 7.17. The lowest BCUT2D eigenvalue weighted by Crippen LogP contribution is -2.51. The van der Waals surface area contributed by atoms with Crippen molar-refractivity contribution in [2.75, 3.05) is 13.1 Å². The van der Waals surface area contributed by atoms with E-state index in [9.17, 15) is 9.59 Å². The number of piperidine rings is 1. The summed E-state index contributed by atoms with van der Waals surface area (Å²) in [5, 5.41) is 7.63. The predicted octanol–water partition coefficient (Wildman–Crippen LogP) is 4.70. The summed E-state index contributed by atoms with van der Waals surface area (Å²) in [6.45, 7) is 1.33. The molecule has 0 bridgehead atoms. The highest BCUT2D eigenvalue weighted by Crippen LogP contribution is 2.31. The molecule has 1 aliphatic heterocycles. The van der Waals surface area contributed by atoms with Crippen molar-refractivity contribution in [2.24, 2.45) is 0 Å². The second-order valence-corrected chi connectivity index (χ2v) is 9.47. The summed E-state index contributed by atoms with van der Waals surface area (Å²) in [7, 11) is 0. The van der Waals surface area contributed by atoms with E-state index < -0.39 is 0 Å². The molecule has 3 amide bonds. The standard InChI is InChI=1S/C22H27ClN4O2S/c23-18-9-5-4-8-17(18)21-24-14-19(30-21)20(28)25-16-10-12-27(13-11-16)22(29)26-15-6-2-1-3-7-15/h4-5,8-9,14-16H,1-3,6-7,10-13H2,(H,25,28)(H,26,29). The van der Waals surface area contributed by atoms with Crippen LogP contribution in [0.25, 0.3) is 10.6 Å². The summed E-state index contributed by atoms with van der Waals surface area (Å²) < 4.78 is 0. The van der Waals surface area contributed by atoms with E-state index in [-0.39, 0.29) is 18.0 Å². The van der Waals surface area contributed by atoms with Crippen LogP contribution >= 0.6 is 22.9 Å². The number of likely N-dealkylation sites (tertiary alicyclic amines) is 1. The number of aromatic nitrogens is 1. The Bertz CT molecular complexity index is 889. The lowest BCUT2D eigenvalue weighted by Gasteiger charge is -2.34. The predicted molar refractivity (Wildman–Crippen MR) is 120 cm³/mol. The second-order valence-electron chi connectivity index (χ2n) is 8.03. The van der Waals surface area contributed by atoms with E-state index in [1.807, 2.05) is 29.2 Å². The van der Waals surface area contributed by atoms with Crippen LogP contribution in [-0.2, 0) is 0 Å². The smallest absolute Gasteiger partial charge is 0.317 e. The van der Waals surface area contributed by atoms with Crippen LogP contribution < -0.4 is 10.6 Å². The van der Waals surface area contributed by atoms with Crippen LogP contribution in [0.5, 0.6) is 0 Å². The highest BCUT2D eigenvalue weighted by Gasteiger charge is 2.26. The van der Waals surface area contributed by atoms with Crippen LogP contribution in [0, 0.1) is 0 Å². The molecule has 0 radical (unpaired) electrons. The van der Waals surface area contributed by atoms with Crippen molar-refractivity contribution in [3.8, 4) is 10.6 Å². The minimum Gasteiger partial charge on any atom is -0.348 e. The third kappa shape index (κ3) is 5.13. The number of hydrogen-bond acceptors (Lipinski definition) is 4. The molecule has 0 unspecified atom stereocenters. The molecule has 2 aromatic rings. The first-order chi connectivity index (χ1) is 14.6. The molecule has 0 spiro atoms. The monoisotopic (exact) mass is 446 g/mol. The van der Waals surface area contributed by atoms with Gasteiger partial charge in [0.15, 0.2) is 0 Å². The Morgan fingerprint density at radius 3 is 2.43 bits per heavy atom. The molecule has 1 saturated carbocycles. The van der Waals surface area contributed by atoms with E-state index in [4.69, 9.17) is 11.6 Å². The molecule has 2 heterocycles. The Hall–Kier alpha value is -2.12. The lowest BCUT2D eigenvalue weighted by molar-refractivity contribution is 0.0921. The van der Waals surface area contributed by atoms with Crippen LogP contribution in [0.1, 0.15) is 54.6 Å². The number of benzene rings is 1. The van der Waals surface area contributed by atoms with Crippen molar-refractivity contribution in [3.63, 3.8) is 0 Å². The molecule has 1 aliphatic carbocycles. The number of thiazole rings is 1. The minimum atomic E-state index is -0.115. The number of hydrogen-bond donors (Lipinski definition) is 2. The van der Waals surface area contributed by atoms with Crippen molar-refractivity contribution in [2.45, 2.75) is 57.0 Å². The number of rotatable bonds is 4. The fourth-order valence-electron chi connectivity index (χ4n) is 4.13. The number of carbonyl (C=O) groups is 2. The Morgan fingerprint density at radius 2 is 1.70 bits per heavy atom. The number of carbonyl (C=O) groups excluding carboxylic acids is 2. The maximum absolute atomic E-state index is 12.7. The highest BCUT2D eigenvalue weighted by atomic mass is 35.5. The first kappa shape index (κ1) is 21.1. The van der Waals surface area contributed by atoms with Crippen molar-refractivity contribution in [3.05, 3.63) is 40.4 Å². The van der Waals surface area contributed by atoms with E-state index >= 15 is 0 Å². The zero-order valence-electron chi connectivity index (χ0n) is 16.9. The van der Waals surface area contributed by atoms with Crippen molar-refractivity contribution < 1.29 is 9.59 Å². The van der Waals surface area contributed by atoms with Crippen molar-refractivity contribution in [1.29, 1.82) is 0 Å². The van der Waals surface area contributed by atoms with Gasteiger partial charge >= 0.3 is 6.03 Å². The van der Waals surface area contributed by atoms with Crippen LogP contribution in [0.2, 0.25) is 5.02 Å². The van der Waals surface area contributed by atoms with Crippen LogP contribution in [-0.4, -0.2) is 47.0 Å². The van der Waals surface area contributed by atoms with Gasteiger partial charge in [-0.3, -0.25) is 4.79 Å². The first-order valence-corrected chi connectivity index (χ1v) is 11.9. The van der Waals surface area contributed by atoms with Crippen LogP contribution in [0.3, 0.4) is 0 Å². The number of halogens is 1. The summed E-state index contributed by atoms with van der Waals surface area (Å²) in [5.74, 6) is -0.115. The van der Waals surface area contributed by atoms with Gasteiger partial charge in [0.05, 0.1) is 11.2 Å². The Balaban J connectivity index is 1.26. The summed E-state index contributed by atoms with van der Waals surface area (Å²) in [6.07, 6.45) is 8.98. The summed E-state index contributed by atoms with van der Waals surface area (Å²) in [6, 6.07) is 7.92. The molecule has 160 valence electrons. The summed E-state index contributed by atoms with van der Waals surface area (Å²) >= 11 is 7.57. The molecule has 2 fully saturated rings.